The van der Waals surface area contributed by atoms with E-state index in [0.29, 0.717) is 11.3 Å². The Kier molecular flexibility index (Phi) is 4.35. The molecule has 2 aromatic rings. The van der Waals surface area contributed by atoms with E-state index in [1.807, 2.05) is 0 Å². The molecule has 0 fully saturated rings. The van der Waals surface area contributed by atoms with Gasteiger partial charge in [-0.05, 0) is 30.7 Å². The molecule has 0 amide bonds. The van der Waals surface area contributed by atoms with Gasteiger partial charge in [-0.15, -0.1) is 0 Å². The number of hydrogen-bond acceptors (Lipinski definition) is 3. The van der Waals surface area contributed by atoms with Crippen LogP contribution < -0.4 is 0 Å². The van der Waals surface area contributed by atoms with Gasteiger partial charge < -0.3 is 9.52 Å². The van der Waals surface area contributed by atoms with Crippen LogP contribution in [0.15, 0.2) is 28.7 Å². The minimum Gasteiger partial charge on any atom is -0.481 e. The summed E-state index contributed by atoms with van der Waals surface area (Å²) in [5.74, 6) is -0.526. The van der Waals surface area contributed by atoms with E-state index < -0.39 is 17.7 Å². The predicted octanol–water partition coefficient (Wildman–Crippen LogP) is 3.80. The van der Waals surface area contributed by atoms with Crippen molar-refractivity contribution < 1.29 is 27.5 Å². The van der Waals surface area contributed by atoms with E-state index in [1.54, 1.807) is 6.92 Å². The quantitative estimate of drug-likeness (QED) is 0.933. The molecule has 2 rings (SSSR count). The van der Waals surface area contributed by atoms with E-state index in [1.165, 1.54) is 24.3 Å². The Balaban J connectivity index is 2.20. The first-order valence-corrected chi connectivity index (χ1v) is 6.29. The Morgan fingerprint density at radius 2 is 2.09 bits per heavy atom. The van der Waals surface area contributed by atoms with Crippen LogP contribution in [0.1, 0.15) is 28.5 Å². The fraction of sp³-hybridized carbons (Fsp3) is 0.200. The van der Waals surface area contributed by atoms with Crippen molar-refractivity contribution in [1.29, 1.82) is 0 Å². The van der Waals surface area contributed by atoms with Crippen LogP contribution in [0.25, 0.3) is 12.2 Å². The summed E-state index contributed by atoms with van der Waals surface area (Å²) in [5, 5.41) is 8.71. The second kappa shape index (κ2) is 6.05. The molecule has 1 N–H and O–H groups in total. The van der Waals surface area contributed by atoms with Crippen molar-refractivity contribution in [2.45, 2.75) is 19.5 Å². The Morgan fingerprint density at radius 1 is 1.36 bits per heavy atom. The Hall–Kier alpha value is -2.57. The fourth-order valence-electron chi connectivity index (χ4n) is 1.82. The number of benzene rings is 1. The molecule has 1 heterocycles. The lowest BCUT2D eigenvalue weighted by atomic mass is 10.1. The van der Waals surface area contributed by atoms with Gasteiger partial charge >= 0.3 is 12.1 Å². The number of carboxylic acid groups (broad SMARTS) is 1. The van der Waals surface area contributed by atoms with Crippen molar-refractivity contribution in [3.8, 4) is 0 Å². The third-order valence-electron chi connectivity index (χ3n) is 2.86. The van der Waals surface area contributed by atoms with Gasteiger partial charge in [-0.1, -0.05) is 12.1 Å². The smallest absolute Gasteiger partial charge is 0.416 e. The number of halogens is 3. The van der Waals surface area contributed by atoms with Crippen molar-refractivity contribution >= 4 is 18.1 Å². The molecule has 0 aliphatic carbocycles. The molecule has 4 nitrogen and oxygen atoms in total. The molecule has 0 atom stereocenters. The molecular weight excluding hydrogens is 299 g/mol. The molecule has 1 aromatic heterocycles. The Labute approximate surface area is 123 Å². The van der Waals surface area contributed by atoms with Crippen LogP contribution in [0, 0.1) is 6.92 Å². The van der Waals surface area contributed by atoms with Crippen molar-refractivity contribution in [2.75, 3.05) is 0 Å². The van der Waals surface area contributed by atoms with Gasteiger partial charge in [0, 0.05) is 6.08 Å². The van der Waals surface area contributed by atoms with Crippen LogP contribution in [0.4, 0.5) is 13.2 Å². The first-order valence-electron chi connectivity index (χ1n) is 6.29. The third-order valence-corrected chi connectivity index (χ3v) is 2.86. The monoisotopic (exact) mass is 311 g/mol. The number of carbonyl (C=O) groups is 1. The minimum absolute atomic E-state index is 0.145. The van der Waals surface area contributed by atoms with Crippen LogP contribution >= 0.6 is 0 Å². The number of aliphatic carboxylic acids is 1. The fourth-order valence-corrected chi connectivity index (χ4v) is 1.82. The summed E-state index contributed by atoms with van der Waals surface area (Å²) >= 11 is 0. The van der Waals surface area contributed by atoms with E-state index in [9.17, 15) is 18.0 Å². The SMILES string of the molecule is Cc1oc(/C=C/c2cccc(C(F)(F)F)c2)nc1CC(=O)O. The Morgan fingerprint density at radius 3 is 2.73 bits per heavy atom. The normalized spacial score (nSPS) is 12.0. The zero-order valence-corrected chi connectivity index (χ0v) is 11.5. The Bertz CT molecular complexity index is 717. The number of oxazole rings is 1. The number of aromatic nitrogens is 1. The molecule has 22 heavy (non-hydrogen) atoms. The number of alkyl halides is 3. The molecule has 116 valence electrons. The van der Waals surface area contributed by atoms with Gasteiger partial charge in [0.1, 0.15) is 5.76 Å². The summed E-state index contributed by atoms with van der Waals surface area (Å²) in [5.41, 5.74) is -0.119. The third kappa shape index (κ3) is 3.97. The highest BCUT2D eigenvalue weighted by atomic mass is 19.4. The second-order valence-corrected chi connectivity index (χ2v) is 4.58. The van der Waals surface area contributed by atoms with Gasteiger partial charge in [0.2, 0.25) is 5.89 Å². The highest BCUT2D eigenvalue weighted by molar-refractivity contribution is 5.70. The second-order valence-electron chi connectivity index (χ2n) is 4.58. The van der Waals surface area contributed by atoms with Crippen LogP contribution in [0.2, 0.25) is 0 Å². The maximum absolute atomic E-state index is 12.6. The first-order chi connectivity index (χ1) is 10.3. The van der Waals surface area contributed by atoms with Gasteiger partial charge in [0.15, 0.2) is 0 Å². The maximum Gasteiger partial charge on any atom is 0.416 e. The van der Waals surface area contributed by atoms with E-state index in [0.717, 1.165) is 12.1 Å². The van der Waals surface area contributed by atoms with Gasteiger partial charge in [0.05, 0.1) is 17.7 Å². The lowest BCUT2D eigenvalue weighted by molar-refractivity contribution is -0.138. The van der Waals surface area contributed by atoms with E-state index in [2.05, 4.69) is 4.98 Å². The van der Waals surface area contributed by atoms with Crippen molar-refractivity contribution in [2.24, 2.45) is 0 Å². The highest BCUT2D eigenvalue weighted by Gasteiger charge is 2.30. The minimum atomic E-state index is -4.40. The summed E-state index contributed by atoms with van der Waals surface area (Å²) in [7, 11) is 0. The average molecular weight is 311 g/mol. The number of carboxylic acids is 1. The summed E-state index contributed by atoms with van der Waals surface area (Å²) in [6.07, 6.45) is -1.86. The lowest BCUT2D eigenvalue weighted by Crippen LogP contribution is -2.04. The van der Waals surface area contributed by atoms with E-state index >= 15 is 0 Å². The van der Waals surface area contributed by atoms with Crippen molar-refractivity contribution in [3.05, 3.63) is 52.7 Å². The zero-order valence-electron chi connectivity index (χ0n) is 11.5. The predicted molar refractivity (Wildman–Crippen MR) is 73.0 cm³/mol. The number of aryl methyl sites for hydroxylation is 1. The largest absolute Gasteiger partial charge is 0.481 e. The summed E-state index contributed by atoms with van der Waals surface area (Å²) < 4.78 is 43.0. The summed E-state index contributed by atoms with van der Waals surface area (Å²) in [4.78, 5) is 14.6. The molecule has 7 heteroatoms. The lowest BCUT2D eigenvalue weighted by Gasteiger charge is -2.06. The van der Waals surface area contributed by atoms with Crippen LogP contribution in [0.3, 0.4) is 0 Å². The van der Waals surface area contributed by atoms with Gasteiger partial charge in [-0.3, -0.25) is 4.79 Å². The summed E-state index contributed by atoms with van der Waals surface area (Å²) in [6.45, 7) is 1.58. The molecule has 0 saturated carbocycles. The molecule has 0 unspecified atom stereocenters. The van der Waals surface area contributed by atoms with Crippen LogP contribution in [-0.4, -0.2) is 16.1 Å². The average Bonchev–Trinajstić information content (AvgIpc) is 2.76. The van der Waals surface area contributed by atoms with Gasteiger partial charge in [-0.25, -0.2) is 4.98 Å². The number of nitrogens with zero attached hydrogens (tertiary/aromatic N) is 1. The number of hydrogen-bond donors (Lipinski definition) is 1. The number of rotatable bonds is 4. The molecule has 0 spiro atoms. The zero-order chi connectivity index (χ0) is 16.3. The molecule has 1 aromatic carbocycles. The molecular formula is C15H12F3NO3. The van der Waals surface area contributed by atoms with E-state index in [-0.39, 0.29) is 18.0 Å². The molecule has 0 bridgehead atoms. The topological polar surface area (TPSA) is 63.3 Å². The molecule has 0 aliphatic rings. The molecule has 0 saturated heterocycles. The van der Waals surface area contributed by atoms with Gasteiger partial charge in [-0.2, -0.15) is 13.2 Å². The van der Waals surface area contributed by atoms with Crippen molar-refractivity contribution in [3.63, 3.8) is 0 Å². The standard InChI is InChI=1S/C15H12F3NO3/c1-9-12(8-14(20)21)19-13(22-9)6-5-10-3-2-4-11(7-10)15(16,17)18/h2-7H,8H2,1H3,(H,20,21)/b6-5+. The van der Waals surface area contributed by atoms with Crippen molar-refractivity contribution in [1.82, 2.24) is 4.98 Å². The van der Waals surface area contributed by atoms with Crippen LogP contribution in [-0.2, 0) is 17.4 Å². The highest BCUT2D eigenvalue weighted by Crippen LogP contribution is 2.29. The first kappa shape index (κ1) is 15.8. The van der Waals surface area contributed by atoms with Crippen LogP contribution in [0.5, 0.6) is 0 Å². The van der Waals surface area contributed by atoms with E-state index in [4.69, 9.17) is 9.52 Å². The molecule has 0 radical (unpaired) electrons. The van der Waals surface area contributed by atoms with Gasteiger partial charge in [0.25, 0.3) is 0 Å². The molecule has 0 aliphatic heterocycles. The summed E-state index contributed by atoms with van der Waals surface area (Å²) in [6, 6.07) is 4.81. The maximum atomic E-state index is 12.6.